The van der Waals surface area contributed by atoms with Crippen LogP contribution in [0.4, 0.5) is 5.82 Å². The van der Waals surface area contributed by atoms with Crippen molar-refractivity contribution in [1.29, 1.82) is 0 Å². The number of imidazole rings is 1. The largest absolute Gasteiger partial charge is 0.386 e. The van der Waals surface area contributed by atoms with Crippen molar-refractivity contribution in [2.24, 2.45) is 0 Å². The second kappa shape index (κ2) is 8.00. The smallest absolute Gasteiger partial charge is 0.251 e. The maximum absolute atomic E-state index is 12.6. The molecule has 4 rings (SSSR count). The third kappa shape index (κ3) is 4.60. The van der Waals surface area contributed by atoms with Crippen molar-refractivity contribution < 1.29 is 9.90 Å². The van der Waals surface area contributed by atoms with Crippen molar-refractivity contribution in [1.82, 2.24) is 24.8 Å². The van der Waals surface area contributed by atoms with Crippen LogP contribution in [0.5, 0.6) is 0 Å². The van der Waals surface area contributed by atoms with Gasteiger partial charge in [-0.2, -0.15) is 0 Å². The van der Waals surface area contributed by atoms with Gasteiger partial charge < -0.3 is 19.9 Å². The SMILES string of the molecule is Cc1cc(N2CCC(O)(CNC(=O)c3cccc(Cn4ccnc4)c3)C2)ncn1. The van der Waals surface area contributed by atoms with Crippen LogP contribution in [0.2, 0.25) is 0 Å². The van der Waals surface area contributed by atoms with E-state index in [9.17, 15) is 9.90 Å². The van der Waals surface area contributed by atoms with Crippen molar-refractivity contribution in [3.63, 3.8) is 0 Å². The highest BCUT2D eigenvalue weighted by Crippen LogP contribution is 2.25. The number of hydrogen-bond donors (Lipinski definition) is 2. The molecule has 0 bridgehead atoms. The number of aliphatic hydroxyl groups is 1. The topological polar surface area (TPSA) is 96.2 Å². The van der Waals surface area contributed by atoms with Gasteiger partial charge in [-0.15, -0.1) is 0 Å². The molecule has 1 aliphatic rings. The Kier molecular flexibility index (Phi) is 5.26. The van der Waals surface area contributed by atoms with Crippen LogP contribution in [-0.2, 0) is 6.54 Å². The van der Waals surface area contributed by atoms with Crippen LogP contribution in [0.1, 0.15) is 28.0 Å². The maximum atomic E-state index is 12.6. The molecule has 0 spiro atoms. The molecule has 2 aromatic heterocycles. The van der Waals surface area contributed by atoms with E-state index in [1.54, 1.807) is 18.6 Å². The molecular weight excluding hydrogens is 368 g/mol. The van der Waals surface area contributed by atoms with Gasteiger partial charge in [-0.3, -0.25) is 4.79 Å². The van der Waals surface area contributed by atoms with Crippen molar-refractivity contribution in [2.45, 2.75) is 25.5 Å². The third-order valence-corrected chi connectivity index (χ3v) is 5.14. The Bertz CT molecular complexity index is 990. The highest BCUT2D eigenvalue weighted by Gasteiger charge is 2.37. The molecule has 1 unspecified atom stereocenters. The van der Waals surface area contributed by atoms with E-state index in [0.717, 1.165) is 17.1 Å². The summed E-state index contributed by atoms with van der Waals surface area (Å²) in [7, 11) is 0. The molecule has 8 nitrogen and oxygen atoms in total. The second-order valence-corrected chi connectivity index (χ2v) is 7.53. The van der Waals surface area contributed by atoms with Gasteiger partial charge in [0.1, 0.15) is 17.7 Å². The fraction of sp³-hybridized carbons (Fsp3) is 0.333. The van der Waals surface area contributed by atoms with Crippen LogP contribution in [0, 0.1) is 6.92 Å². The van der Waals surface area contributed by atoms with Crippen LogP contribution in [-0.4, -0.2) is 55.8 Å². The summed E-state index contributed by atoms with van der Waals surface area (Å²) in [5.41, 5.74) is 1.49. The van der Waals surface area contributed by atoms with E-state index in [-0.39, 0.29) is 12.5 Å². The summed E-state index contributed by atoms with van der Waals surface area (Å²) in [5, 5.41) is 13.8. The van der Waals surface area contributed by atoms with E-state index >= 15 is 0 Å². The van der Waals surface area contributed by atoms with Crippen LogP contribution >= 0.6 is 0 Å². The first kappa shape index (κ1) is 19.1. The van der Waals surface area contributed by atoms with Gasteiger partial charge in [0.15, 0.2) is 0 Å². The number of amides is 1. The highest BCUT2D eigenvalue weighted by molar-refractivity contribution is 5.94. The number of aromatic nitrogens is 4. The predicted octanol–water partition coefficient (Wildman–Crippen LogP) is 1.40. The van der Waals surface area contributed by atoms with E-state index in [1.165, 1.54) is 6.33 Å². The average Bonchev–Trinajstić information content (AvgIpc) is 3.37. The Morgan fingerprint density at radius 3 is 3.00 bits per heavy atom. The molecule has 1 atom stereocenters. The number of β-amino-alcohol motifs (C(OH)–C–C–N with tert-alkyl or cyclic N) is 1. The Morgan fingerprint density at radius 1 is 1.31 bits per heavy atom. The number of nitrogens with zero attached hydrogens (tertiary/aromatic N) is 5. The first-order chi connectivity index (χ1) is 14.0. The molecule has 1 amide bonds. The summed E-state index contributed by atoms with van der Waals surface area (Å²) >= 11 is 0. The zero-order chi connectivity index (χ0) is 20.3. The molecule has 8 heteroatoms. The minimum atomic E-state index is -0.983. The number of carbonyl (C=O) groups excluding carboxylic acids is 1. The van der Waals surface area contributed by atoms with Crippen molar-refractivity contribution in [3.8, 4) is 0 Å². The number of hydrogen-bond acceptors (Lipinski definition) is 6. The lowest BCUT2D eigenvalue weighted by molar-refractivity contribution is 0.0575. The first-order valence-electron chi connectivity index (χ1n) is 9.60. The Balaban J connectivity index is 1.36. The second-order valence-electron chi connectivity index (χ2n) is 7.53. The first-order valence-corrected chi connectivity index (χ1v) is 9.60. The number of benzene rings is 1. The summed E-state index contributed by atoms with van der Waals surface area (Å²) in [5.74, 6) is 0.606. The molecule has 3 heterocycles. The van der Waals surface area contributed by atoms with Gasteiger partial charge in [0.05, 0.1) is 6.33 Å². The number of nitrogens with one attached hydrogen (secondary N) is 1. The molecule has 0 saturated carbocycles. The molecule has 1 saturated heterocycles. The molecule has 0 radical (unpaired) electrons. The van der Waals surface area contributed by atoms with E-state index < -0.39 is 5.60 Å². The zero-order valence-electron chi connectivity index (χ0n) is 16.3. The van der Waals surface area contributed by atoms with Gasteiger partial charge >= 0.3 is 0 Å². The van der Waals surface area contributed by atoms with Gasteiger partial charge in [0.25, 0.3) is 5.91 Å². The predicted molar refractivity (Wildman–Crippen MR) is 109 cm³/mol. The van der Waals surface area contributed by atoms with Gasteiger partial charge in [-0.25, -0.2) is 15.0 Å². The van der Waals surface area contributed by atoms with Gasteiger partial charge in [0.2, 0.25) is 0 Å². The van der Waals surface area contributed by atoms with E-state index in [0.29, 0.717) is 31.6 Å². The molecule has 150 valence electrons. The van der Waals surface area contributed by atoms with E-state index in [4.69, 9.17) is 0 Å². The van der Waals surface area contributed by atoms with Crippen molar-refractivity contribution >= 4 is 11.7 Å². The molecule has 1 aromatic carbocycles. The number of rotatable bonds is 6. The number of carbonyl (C=O) groups is 1. The lowest BCUT2D eigenvalue weighted by atomic mass is 10.0. The van der Waals surface area contributed by atoms with Crippen LogP contribution in [0.3, 0.4) is 0 Å². The average molecular weight is 392 g/mol. The quantitative estimate of drug-likeness (QED) is 0.658. The minimum absolute atomic E-state index is 0.192. The lowest BCUT2D eigenvalue weighted by Crippen LogP contribution is -2.45. The van der Waals surface area contributed by atoms with E-state index in [1.807, 2.05) is 46.9 Å². The van der Waals surface area contributed by atoms with Crippen LogP contribution in [0.25, 0.3) is 0 Å². The number of aryl methyl sites for hydroxylation is 1. The van der Waals surface area contributed by atoms with E-state index in [2.05, 4.69) is 20.3 Å². The maximum Gasteiger partial charge on any atom is 0.251 e. The van der Waals surface area contributed by atoms with Crippen LogP contribution < -0.4 is 10.2 Å². The van der Waals surface area contributed by atoms with Gasteiger partial charge in [0, 0.05) is 55.9 Å². The standard InChI is InChI=1S/C21H24N6O2/c1-16-9-19(25-14-24-16)27-7-5-21(29,13-27)12-23-20(28)18-4-2-3-17(10-18)11-26-8-6-22-15-26/h2-4,6,8-10,14-15,29H,5,7,11-13H2,1H3,(H,23,28). The van der Waals surface area contributed by atoms with Crippen molar-refractivity contribution in [3.05, 3.63) is 72.2 Å². The summed E-state index contributed by atoms with van der Waals surface area (Å²) in [6, 6.07) is 9.38. The molecule has 2 N–H and O–H groups in total. The van der Waals surface area contributed by atoms with Gasteiger partial charge in [-0.1, -0.05) is 12.1 Å². The zero-order valence-corrected chi connectivity index (χ0v) is 16.3. The summed E-state index contributed by atoms with van der Waals surface area (Å²) in [6.45, 7) is 3.86. The molecule has 3 aromatic rings. The fourth-order valence-corrected chi connectivity index (χ4v) is 3.56. The molecule has 29 heavy (non-hydrogen) atoms. The Hall–Kier alpha value is -3.26. The normalized spacial score (nSPS) is 18.8. The summed E-state index contributed by atoms with van der Waals surface area (Å²) in [6.07, 6.45) is 7.45. The Morgan fingerprint density at radius 2 is 2.21 bits per heavy atom. The minimum Gasteiger partial charge on any atom is -0.386 e. The lowest BCUT2D eigenvalue weighted by Gasteiger charge is -2.24. The number of anilines is 1. The molecular formula is C21H24N6O2. The van der Waals surface area contributed by atoms with Crippen molar-refractivity contribution in [2.75, 3.05) is 24.5 Å². The monoisotopic (exact) mass is 392 g/mol. The summed E-state index contributed by atoms with van der Waals surface area (Å²) < 4.78 is 1.95. The molecule has 1 aliphatic heterocycles. The summed E-state index contributed by atoms with van der Waals surface area (Å²) in [4.78, 5) is 27.1. The fourth-order valence-electron chi connectivity index (χ4n) is 3.56. The Labute approximate surface area is 169 Å². The third-order valence-electron chi connectivity index (χ3n) is 5.14. The highest BCUT2D eigenvalue weighted by atomic mass is 16.3. The molecule has 1 fully saturated rings. The molecule has 0 aliphatic carbocycles. The van der Waals surface area contributed by atoms with Crippen LogP contribution in [0.15, 0.2) is 55.4 Å². The van der Waals surface area contributed by atoms with Gasteiger partial charge in [-0.05, 0) is 31.0 Å².